The lowest BCUT2D eigenvalue weighted by Gasteiger charge is -2.47. The average molecular weight is 491 g/mol. The third-order valence-electron chi connectivity index (χ3n) is 7.62. The fraction of sp³-hybridized carbons (Fsp3) is 0.429. The van der Waals surface area contributed by atoms with Crippen LogP contribution in [0.4, 0.5) is 0 Å². The molecule has 3 heterocycles. The van der Waals surface area contributed by atoms with Crippen molar-refractivity contribution in [1.29, 1.82) is 0 Å². The molecule has 0 unspecified atom stereocenters. The number of nitrogens with one attached hydrogen (secondary N) is 1. The van der Waals surface area contributed by atoms with Crippen LogP contribution >= 0.6 is 0 Å². The summed E-state index contributed by atoms with van der Waals surface area (Å²) in [5, 5.41) is 11.2. The van der Waals surface area contributed by atoms with Gasteiger partial charge in [0, 0.05) is 29.6 Å². The van der Waals surface area contributed by atoms with Crippen LogP contribution in [0, 0.1) is 0 Å². The summed E-state index contributed by atoms with van der Waals surface area (Å²) in [4.78, 5) is 36.7. The van der Waals surface area contributed by atoms with Crippen molar-refractivity contribution in [3.8, 4) is 11.5 Å². The number of aromatic hydroxyl groups is 1. The van der Waals surface area contributed by atoms with Crippen LogP contribution in [0.25, 0.3) is 10.9 Å². The first-order chi connectivity index (χ1) is 17.4. The zero-order chi connectivity index (χ0) is 25.4. The summed E-state index contributed by atoms with van der Waals surface area (Å²) >= 11 is 0. The van der Waals surface area contributed by atoms with Crippen LogP contribution in [0.2, 0.25) is 0 Å². The zero-order valence-corrected chi connectivity index (χ0v) is 21.2. The fourth-order valence-corrected chi connectivity index (χ4v) is 5.73. The van der Waals surface area contributed by atoms with Gasteiger partial charge in [-0.2, -0.15) is 0 Å². The minimum Gasteiger partial charge on any atom is -0.508 e. The van der Waals surface area contributed by atoms with E-state index in [2.05, 4.69) is 23.7 Å². The number of aromatic nitrogens is 1. The minimum atomic E-state index is -0.593. The highest BCUT2D eigenvalue weighted by Crippen LogP contribution is 2.43. The van der Waals surface area contributed by atoms with Crippen LogP contribution < -0.4 is 4.74 Å². The van der Waals surface area contributed by atoms with Gasteiger partial charge in [0.2, 0.25) is 11.8 Å². The molecule has 1 aromatic heterocycles. The van der Waals surface area contributed by atoms with Gasteiger partial charge in [-0.1, -0.05) is 26.0 Å². The van der Waals surface area contributed by atoms with E-state index in [-0.39, 0.29) is 24.1 Å². The summed E-state index contributed by atoms with van der Waals surface area (Å²) in [5.74, 6) is 0.785. The number of phenolic OH excluding ortho intramolecular Hbond substituents is 1. The fourth-order valence-electron chi connectivity index (χ4n) is 5.73. The average Bonchev–Trinajstić information content (AvgIpc) is 3.25. The van der Waals surface area contributed by atoms with E-state index in [4.69, 9.17) is 4.74 Å². The first kappa shape index (κ1) is 24.2. The molecule has 2 aliphatic heterocycles. The van der Waals surface area contributed by atoms with Gasteiger partial charge in [-0.25, -0.2) is 0 Å². The van der Waals surface area contributed by atoms with E-state index in [0.717, 1.165) is 59.5 Å². The molecule has 36 heavy (non-hydrogen) atoms. The topological polar surface area (TPSA) is 89.1 Å². The zero-order valence-electron chi connectivity index (χ0n) is 21.2. The molecule has 190 valence electrons. The Morgan fingerprint density at radius 1 is 1.14 bits per heavy atom. The van der Waals surface area contributed by atoms with Gasteiger partial charge in [-0.15, -0.1) is 0 Å². The van der Waals surface area contributed by atoms with Crippen LogP contribution in [0.5, 0.6) is 11.5 Å². The summed E-state index contributed by atoms with van der Waals surface area (Å²) in [7, 11) is 1.64. The van der Waals surface area contributed by atoms with Crippen molar-refractivity contribution in [3.63, 3.8) is 0 Å². The Balaban J connectivity index is 1.54. The molecular formula is C28H34N4O4. The molecule has 1 saturated heterocycles. The SMILES string of the molecule is CCN(CC)CCCN1CC(=O)N2[C@H](c3cccc(O)c3)c3[nH]c4ccc(OC)cc4c3C[C@@H]2C1=O. The number of methoxy groups -OCH3 is 1. The maximum Gasteiger partial charge on any atom is 0.246 e. The Bertz CT molecular complexity index is 1280. The second-order valence-corrected chi connectivity index (χ2v) is 9.59. The van der Waals surface area contributed by atoms with Crippen LogP contribution in [-0.4, -0.2) is 82.5 Å². The summed E-state index contributed by atoms with van der Waals surface area (Å²) < 4.78 is 5.46. The van der Waals surface area contributed by atoms with E-state index < -0.39 is 12.1 Å². The first-order valence-electron chi connectivity index (χ1n) is 12.7. The van der Waals surface area contributed by atoms with E-state index in [1.807, 2.05) is 24.3 Å². The quantitative estimate of drug-likeness (QED) is 0.506. The predicted molar refractivity (Wildman–Crippen MR) is 138 cm³/mol. The van der Waals surface area contributed by atoms with Crippen molar-refractivity contribution in [2.24, 2.45) is 0 Å². The molecule has 1 fully saturated rings. The van der Waals surface area contributed by atoms with Crippen molar-refractivity contribution in [1.82, 2.24) is 19.7 Å². The van der Waals surface area contributed by atoms with E-state index in [9.17, 15) is 14.7 Å². The smallest absolute Gasteiger partial charge is 0.246 e. The number of hydrogen-bond acceptors (Lipinski definition) is 5. The van der Waals surface area contributed by atoms with E-state index in [1.165, 1.54) is 0 Å². The summed E-state index contributed by atoms with van der Waals surface area (Å²) in [6.07, 6.45) is 1.27. The van der Waals surface area contributed by atoms with Crippen LogP contribution in [-0.2, 0) is 16.0 Å². The normalized spacial score (nSPS) is 19.7. The number of hydrogen-bond donors (Lipinski definition) is 2. The number of ether oxygens (including phenoxy) is 1. The standard InChI is InChI=1S/C28H34N4O4/c1-4-30(5-2)12-7-13-31-17-25(34)32-24(28(31)35)16-22-21-15-20(36-3)10-11-23(21)29-26(22)27(32)18-8-6-9-19(33)14-18/h6,8-11,14-15,24,27,29,33H,4-5,7,12-13,16-17H2,1-3H3/t24-,27-/m1/s1. The van der Waals surface area contributed by atoms with Gasteiger partial charge in [0.05, 0.1) is 19.7 Å². The number of carbonyl (C=O) groups excluding carboxylic acids is 2. The molecule has 0 radical (unpaired) electrons. The monoisotopic (exact) mass is 490 g/mol. The molecule has 2 aliphatic rings. The van der Waals surface area contributed by atoms with E-state index in [0.29, 0.717) is 13.0 Å². The summed E-state index contributed by atoms with van der Waals surface area (Å²) in [6.45, 7) is 7.75. The van der Waals surface area contributed by atoms with Crippen LogP contribution in [0.3, 0.4) is 0 Å². The van der Waals surface area contributed by atoms with Crippen LogP contribution in [0.15, 0.2) is 42.5 Å². The van der Waals surface area contributed by atoms with E-state index in [1.54, 1.807) is 35.1 Å². The van der Waals surface area contributed by atoms with Gasteiger partial charge in [-0.05, 0) is 67.5 Å². The van der Waals surface area contributed by atoms with Gasteiger partial charge in [0.15, 0.2) is 0 Å². The largest absolute Gasteiger partial charge is 0.508 e. The first-order valence-corrected chi connectivity index (χ1v) is 12.7. The Kier molecular flexibility index (Phi) is 6.62. The van der Waals surface area contributed by atoms with Gasteiger partial charge < -0.3 is 29.5 Å². The van der Waals surface area contributed by atoms with Crippen LogP contribution in [0.1, 0.15) is 43.1 Å². The lowest BCUT2D eigenvalue weighted by Crippen LogP contribution is -2.63. The Hall–Kier alpha value is -3.52. The van der Waals surface area contributed by atoms with E-state index >= 15 is 0 Å². The second kappa shape index (κ2) is 9.85. The Morgan fingerprint density at radius 2 is 1.94 bits per heavy atom. The number of benzene rings is 2. The molecule has 0 bridgehead atoms. The molecule has 0 aliphatic carbocycles. The highest BCUT2D eigenvalue weighted by Gasteiger charge is 2.48. The predicted octanol–water partition coefficient (Wildman–Crippen LogP) is 3.30. The summed E-state index contributed by atoms with van der Waals surface area (Å²) in [6, 6.07) is 11.7. The number of piperazine rings is 1. The third kappa shape index (κ3) is 4.19. The number of H-pyrrole nitrogens is 1. The van der Waals surface area contributed by atoms with Gasteiger partial charge >= 0.3 is 0 Å². The second-order valence-electron chi connectivity index (χ2n) is 9.59. The maximum absolute atomic E-state index is 13.8. The molecule has 5 rings (SSSR count). The molecule has 8 nitrogen and oxygen atoms in total. The third-order valence-corrected chi connectivity index (χ3v) is 7.62. The van der Waals surface area contributed by atoms with Crippen molar-refractivity contribution in [2.45, 2.75) is 38.8 Å². The Labute approximate surface area is 211 Å². The molecule has 2 amide bonds. The number of phenols is 1. The molecule has 0 saturated carbocycles. The van der Waals surface area contributed by atoms with Crippen molar-refractivity contribution < 1.29 is 19.4 Å². The Morgan fingerprint density at radius 3 is 2.67 bits per heavy atom. The minimum absolute atomic E-state index is 0.0119. The lowest BCUT2D eigenvalue weighted by atomic mass is 9.86. The molecule has 8 heteroatoms. The van der Waals surface area contributed by atoms with Gasteiger partial charge in [0.25, 0.3) is 0 Å². The summed E-state index contributed by atoms with van der Waals surface area (Å²) in [5.41, 5.74) is 3.61. The molecule has 2 atom stereocenters. The van der Waals surface area contributed by atoms with Crippen molar-refractivity contribution in [2.75, 3.05) is 39.8 Å². The molecule has 3 aromatic rings. The maximum atomic E-state index is 13.8. The van der Waals surface area contributed by atoms with Gasteiger partial charge in [0.1, 0.15) is 17.5 Å². The number of fused-ring (bicyclic) bond motifs is 4. The molecule has 0 spiro atoms. The lowest BCUT2D eigenvalue weighted by molar-refractivity contribution is -0.158. The van der Waals surface area contributed by atoms with Crippen molar-refractivity contribution in [3.05, 3.63) is 59.3 Å². The molecule has 2 N–H and O–H groups in total. The highest BCUT2D eigenvalue weighted by molar-refractivity contribution is 5.97. The number of aromatic amines is 1. The molecule has 2 aromatic carbocycles. The number of rotatable bonds is 8. The highest BCUT2D eigenvalue weighted by atomic mass is 16.5. The van der Waals surface area contributed by atoms with Crippen molar-refractivity contribution >= 4 is 22.7 Å². The number of carbonyl (C=O) groups is 2. The van der Waals surface area contributed by atoms with Gasteiger partial charge in [-0.3, -0.25) is 9.59 Å². The number of amides is 2. The number of nitrogens with zero attached hydrogens (tertiary/aromatic N) is 3. The molecular weight excluding hydrogens is 456 g/mol.